The van der Waals surface area contributed by atoms with Gasteiger partial charge in [-0.2, -0.15) is 5.26 Å². The molecule has 1 fully saturated rings. The highest BCUT2D eigenvalue weighted by atomic mass is 15.2. The lowest BCUT2D eigenvalue weighted by molar-refractivity contribution is 0.645. The molecule has 0 aliphatic heterocycles. The van der Waals surface area contributed by atoms with Crippen molar-refractivity contribution in [1.82, 2.24) is 9.97 Å². The fraction of sp³-hybridized carbons (Fsp3) is 0.545. The van der Waals surface area contributed by atoms with E-state index in [9.17, 15) is 0 Å². The number of hydrogen-bond acceptors (Lipinski definition) is 4. The molecule has 0 amide bonds. The van der Waals surface area contributed by atoms with E-state index in [1.165, 1.54) is 32.0 Å². The molecule has 0 spiro atoms. The average molecular weight is 202 g/mol. The molecular formula is C11H14N4. The molecule has 2 rings (SSSR count). The third-order valence-electron chi connectivity index (χ3n) is 3.00. The molecule has 0 bridgehead atoms. The Morgan fingerprint density at radius 3 is 2.80 bits per heavy atom. The molecule has 0 aromatic carbocycles. The zero-order valence-corrected chi connectivity index (χ0v) is 8.85. The first-order valence-electron chi connectivity index (χ1n) is 5.26. The summed E-state index contributed by atoms with van der Waals surface area (Å²) >= 11 is 0. The van der Waals surface area contributed by atoms with Crippen LogP contribution >= 0.6 is 0 Å². The van der Waals surface area contributed by atoms with Gasteiger partial charge in [0.1, 0.15) is 23.9 Å². The molecule has 1 aliphatic carbocycles. The first-order valence-corrected chi connectivity index (χ1v) is 5.26. The summed E-state index contributed by atoms with van der Waals surface area (Å²) in [4.78, 5) is 10.2. The molecule has 78 valence electrons. The second-order valence-electron chi connectivity index (χ2n) is 3.92. The summed E-state index contributed by atoms with van der Waals surface area (Å²) in [5.74, 6) is 0.855. The van der Waals surface area contributed by atoms with E-state index in [0.29, 0.717) is 11.7 Å². The molecule has 0 saturated heterocycles. The smallest absolute Gasteiger partial charge is 0.145 e. The van der Waals surface area contributed by atoms with Crippen LogP contribution in [-0.4, -0.2) is 23.1 Å². The second-order valence-corrected chi connectivity index (χ2v) is 3.92. The quantitative estimate of drug-likeness (QED) is 0.732. The standard InChI is InChI=1S/C11H14N4/c1-15(10-4-2-3-5-10)11-6-9(7-12)13-8-14-11/h6,8,10H,2-5H2,1H3. The lowest BCUT2D eigenvalue weighted by Gasteiger charge is -2.25. The minimum atomic E-state index is 0.435. The van der Waals surface area contributed by atoms with Gasteiger partial charge in [-0.05, 0) is 12.8 Å². The van der Waals surface area contributed by atoms with Gasteiger partial charge in [0.25, 0.3) is 0 Å². The second kappa shape index (κ2) is 4.26. The molecule has 0 radical (unpaired) electrons. The Hall–Kier alpha value is -1.63. The molecule has 1 aliphatic rings. The van der Waals surface area contributed by atoms with Gasteiger partial charge in [0.2, 0.25) is 0 Å². The Morgan fingerprint density at radius 2 is 2.13 bits per heavy atom. The fourth-order valence-electron chi connectivity index (χ4n) is 2.08. The van der Waals surface area contributed by atoms with Crippen molar-refractivity contribution >= 4 is 5.82 Å². The summed E-state index contributed by atoms with van der Waals surface area (Å²) in [6, 6.07) is 4.36. The minimum absolute atomic E-state index is 0.435. The summed E-state index contributed by atoms with van der Waals surface area (Å²) in [5.41, 5.74) is 0.435. The van der Waals surface area contributed by atoms with E-state index in [0.717, 1.165) is 5.82 Å². The van der Waals surface area contributed by atoms with Gasteiger partial charge >= 0.3 is 0 Å². The molecule has 0 atom stereocenters. The highest BCUT2D eigenvalue weighted by Gasteiger charge is 2.20. The minimum Gasteiger partial charge on any atom is -0.357 e. The van der Waals surface area contributed by atoms with E-state index >= 15 is 0 Å². The highest BCUT2D eigenvalue weighted by molar-refractivity contribution is 5.42. The molecule has 0 unspecified atom stereocenters. The van der Waals surface area contributed by atoms with Crippen LogP contribution in [0, 0.1) is 11.3 Å². The molecule has 4 heteroatoms. The van der Waals surface area contributed by atoms with Crippen molar-refractivity contribution in [1.29, 1.82) is 5.26 Å². The molecule has 1 heterocycles. The summed E-state index contributed by atoms with van der Waals surface area (Å²) in [6.07, 6.45) is 6.50. The van der Waals surface area contributed by atoms with Gasteiger partial charge in [0, 0.05) is 19.2 Å². The van der Waals surface area contributed by atoms with Crippen LogP contribution in [0.5, 0.6) is 0 Å². The summed E-state index contributed by atoms with van der Waals surface area (Å²) < 4.78 is 0. The van der Waals surface area contributed by atoms with Crippen molar-refractivity contribution in [3.05, 3.63) is 18.1 Å². The Kier molecular flexibility index (Phi) is 2.82. The third-order valence-corrected chi connectivity index (χ3v) is 3.00. The van der Waals surface area contributed by atoms with E-state index < -0.39 is 0 Å². The number of anilines is 1. The van der Waals surface area contributed by atoms with Crippen molar-refractivity contribution in [2.24, 2.45) is 0 Å². The maximum absolute atomic E-state index is 8.75. The SMILES string of the molecule is CN(c1cc(C#N)ncn1)C1CCCC1. The number of rotatable bonds is 2. The van der Waals surface area contributed by atoms with Crippen LogP contribution in [-0.2, 0) is 0 Å². The monoisotopic (exact) mass is 202 g/mol. The Morgan fingerprint density at radius 1 is 1.40 bits per heavy atom. The molecular weight excluding hydrogens is 188 g/mol. The molecule has 4 nitrogen and oxygen atoms in total. The Labute approximate surface area is 89.6 Å². The van der Waals surface area contributed by atoms with Gasteiger partial charge in [-0.25, -0.2) is 9.97 Å². The highest BCUT2D eigenvalue weighted by Crippen LogP contribution is 2.25. The van der Waals surface area contributed by atoms with Gasteiger partial charge in [0.05, 0.1) is 0 Å². The zero-order chi connectivity index (χ0) is 10.7. The van der Waals surface area contributed by atoms with Gasteiger partial charge in [0.15, 0.2) is 0 Å². The van der Waals surface area contributed by atoms with E-state index in [1.54, 1.807) is 6.07 Å². The van der Waals surface area contributed by atoms with Gasteiger partial charge < -0.3 is 4.90 Å². The van der Waals surface area contributed by atoms with Crippen LogP contribution in [0.3, 0.4) is 0 Å². The summed E-state index contributed by atoms with van der Waals surface area (Å²) in [6.45, 7) is 0. The van der Waals surface area contributed by atoms with Crippen LogP contribution in [0.25, 0.3) is 0 Å². The van der Waals surface area contributed by atoms with Crippen LogP contribution in [0.15, 0.2) is 12.4 Å². The number of hydrogen-bond donors (Lipinski definition) is 0. The van der Waals surface area contributed by atoms with Crippen molar-refractivity contribution in [3.63, 3.8) is 0 Å². The summed E-state index contributed by atoms with van der Waals surface area (Å²) in [7, 11) is 2.04. The topological polar surface area (TPSA) is 52.8 Å². The third kappa shape index (κ3) is 2.07. The molecule has 1 aromatic heterocycles. The predicted molar refractivity (Wildman–Crippen MR) is 57.4 cm³/mol. The maximum atomic E-state index is 8.75. The van der Waals surface area contributed by atoms with Crippen molar-refractivity contribution in [2.75, 3.05) is 11.9 Å². The molecule has 1 aromatic rings. The lowest BCUT2D eigenvalue weighted by atomic mass is 10.2. The van der Waals surface area contributed by atoms with Gasteiger partial charge in [-0.1, -0.05) is 12.8 Å². The average Bonchev–Trinajstić information content (AvgIpc) is 2.81. The molecule has 1 saturated carbocycles. The number of nitriles is 1. The van der Waals surface area contributed by atoms with Crippen LogP contribution in [0.4, 0.5) is 5.82 Å². The Bertz CT molecular complexity index is 376. The normalized spacial score (nSPS) is 16.3. The maximum Gasteiger partial charge on any atom is 0.145 e. The van der Waals surface area contributed by atoms with E-state index in [1.807, 2.05) is 13.1 Å². The number of nitrogens with zero attached hydrogens (tertiary/aromatic N) is 4. The van der Waals surface area contributed by atoms with Gasteiger partial charge in [-0.15, -0.1) is 0 Å². The summed E-state index contributed by atoms with van der Waals surface area (Å²) in [5, 5.41) is 8.75. The van der Waals surface area contributed by atoms with Crippen LogP contribution < -0.4 is 4.90 Å². The predicted octanol–water partition coefficient (Wildman–Crippen LogP) is 1.73. The molecule has 15 heavy (non-hydrogen) atoms. The number of aromatic nitrogens is 2. The first-order chi connectivity index (χ1) is 7.31. The first kappa shape index (κ1) is 9.91. The molecule has 0 N–H and O–H groups in total. The largest absolute Gasteiger partial charge is 0.357 e. The van der Waals surface area contributed by atoms with Crippen molar-refractivity contribution in [2.45, 2.75) is 31.7 Å². The Balaban J connectivity index is 2.17. The van der Waals surface area contributed by atoms with Gasteiger partial charge in [-0.3, -0.25) is 0 Å². The van der Waals surface area contributed by atoms with Crippen LogP contribution in [0.2, 0.25) is 0 Å². The zero-order valence-electron chi connectivity index (χ0n) is 8.85. The van der Waals surface area contributed by atoms with E-state index in [4.69, 9.17) is 5.26 Å². The lowest BCUT2D eigenvalue weighted by Crippen LogP contribution is -2.29. The van der Waals surface area contributed by atoms with Crippen LogP contribution in [0.1, 0.15) is 31.4 Å². The van der Waals surface area contributed by atoms with Crippen molar-refractivity contribution < 1.29 is 0 Å². The van der Waals surface area contributed by atoms with Crippen molar-refractivity contribution in [3.8, 4) is 6.07 Å². The van der Waals surface area contributed by atoms with E-state index in [2.05, 4.69) is 14.9 Å². The fourth-order valence-corrected chi connectivity index (χ4v) is 2.08. The van der Waals surface area contributed by atoms with E-state index in [-0.39, 0.29) is 0 Å².